The van der Waals surface area contributed by atoms with Crippen LogP contribution in [-0.4, -0.2) is 38.1 Å². The van der Waals surface area contributed by atoms with Crippen molar-refractivity contribution < 1.29 is 0 Å². The Labute approximate surface area is 92.3 Å². The molecule has 0 radical (unpaired) electrons. The molecule has 3 N–H and O–H groups in total. The number of nitrogens with one attached hydrogen (secondary N) is 1. The molecule has 0 unspecified atom stereocenters. The molecule has 0 aliphatic carbocycles. The van der Waals surface area contributed by atoms with E-state index in [0.29, 0.717) is 6.54 Å². The molecular formula is C12H21N3. The van der Waals surface area contributed by atoms with Gasteiger partial charge in [0.15, 0.2) is 0 Å². The van der Waals surface area contributed by atoms with Gasteiger partial charge in [-0.15, -0.1) is 0 Å². The first-order valence-electron chi connectivity index (χ1n) is 5.46. The van der Waals surface area contributed by atoms with Gasteiger partial charge in [0.2, 0.25) is 0 Å². The zero-order valence-corrected chi connectivity index (χ0v) is 9.45. The minimum atomic E-state index is 0.711. The molecule has 15 heavy (non-hydrogen) atoms. The molecule has 0 aromatic heterocycles. The second-order valence-corrected chi connectivity index (χ2v) is 3.76. The number of hydrogen-bond donors (Lipinski definition) is 2. The lowest BCUT2D eigenvalue weighted by Gasteiger charge is -2.16. The Morgan fingerprint density at radius 3 is 2.60 bits per heavy atom. The third-order valence-electron chi connectivity index (χ3n) is 2.29. The number of likely N-dealkylation sites (N-methyl/N-ethyl adjacent to an activating group) is 1. The van der Waals surface area contributed by atoms with Crippen LogP contribution in [0, 0.1) is 0 Å². The lowest BCUT2D eigenvalue weighted by molar-refractivity contribution is 0.325. The predicted molar refractivity (Wildman–Crippen MR) is 64.7 cm³/mol. The highest BCUT2D eigenvalue weighted by atomic mass is 15.1. The SMILES string of the molecule is CN(CCNCCN)Cc1ccccc1. The van der Waals surface area contributed by atoms with Crippen molar-refractivity contribution in [2.45, 2.75) is 6.54 Å². The normalized spacial score (nSPS) is 10.9. The quantitative estimate of drug-likeness (QED) is 0.646. The Bertz CT molecular complexity index is 248. The Balaban J connectivity index is 2.16. The van der Waals surface area contributed by atoms with Crippen LogP contribution in [0.5, 0.6) is 0 Å². The Hall–Kier alpha value is -0.900. The van der Waals surface area contributed by atoms with Gasteiger partial charge >= 0.3 is 0 Å². The smallest absolute Gasteiger partial charge is 0.0231 e. The summed E-state index contributed by atoms with van der Waals surface area (Å²) >= 11 is 0. The van der Waals surface area contributed by atoms with Crippen LogP contribution in [0.3, 0.4) is 0 Å². The van der Waals surface area contributed by atoms with Gasteiger partial charge in [0.1, 0.15) is 0 Å². The molecule has 0 atom stereocenters. The summed E-state index contributed by atoms with van der Waals surface area (Å²) in [6, 6.07) is 10.5. The largest absolute Gasteiger partial charge is 0.329 e. The van der Waals surface area contributed by atoms with Gasteiger partial charge in [-0.25, -0.2) is 0 Å². The minimum Gasteiger partial charge on any atom is -0.329 e. The molecule has 0 saturated carbocycles. The van der Waals surface area contributed by atoms with E-state index in [1.165, 1.54) is 5.56 Å². The van der Waals surface area contributed by atoms with Crippen molar-refractivity contribution >= 4 is 0 Å². The summed E-state index contributed by atoms with van der Waals surface area (Å²) in [5.74, 6) is 0. The molecule has 0 fully saturated rings. The summed E-state index contributed by atoms with van der Waals surface area (Å²) in [5, 5.41) is 3.29. The third-order valence-corrected chi connectivity index (χ3v) is 2.29. The lowest BCUT2D eigenvalue weighted by atomic mass is 10.2. The highest BCUT2D eigenvalue weighted by Gasteiger charge is 1.98. The lowest BCUT2D eigenvalue weighted by Crippen LogP contribution is -2.31. The molecule has 3 heteroatoms. The van der Waals surface area contributed by atoms with Crippen LogP contribution in [0.1, 0.15) is 5.56 Å². The van der Waals surface area contributed by atoms with E-state index in [4.69, 9.17) is 5.73 Å². The second-order valence-electron chi connectivity index (χ2n) is 3.76. The van der Waals surface area contributed by atoms with Crippen LogP contribution in [0.15, 0.2) is 30.3 Å². The molecule has 3 nitrogen and oxygen atoms in total. The third kappa shape index (κ3) is 5.52. The average molecular weight is 207 g/mol. The van der Waals surface area contributed by atoms with Gasteiger partial charge in [-0.1, -0.05) is 30.3 Å². The van der Waals surface area contributed by atoms with Gasteiger partial charge in [0, 0.05) is 32.7 Å². The maximum Gasteiger partial charge on any atom is 0.0231 e. The fourth-order valence-corrected chi connectivity index (χ4v) is 1.47. The topological polar surface area (TPSA) is 41.3 Å². The van der Waals surface area contributed by atoms with Crippen LogP contribution in [-0.2, 0) is 6.54 Å². The van der Waals surface area contributed by atoms with E-state index in [9.17, 15) is 0 Å². The molecular weight excluding hydrogens is 186 g/mol. The van der Waals surface area contributed by atoms with Gasteiger partial charge in [-0.05, 0) is 12.6 Å². The van der Waals surface area contributed by atoms with E-state index in [0.717, 1.165) is 26.2 Å². The number of hydrogen-bond acceptors (Lipinski definition) is 3. The zero-order valence-electron chi connectivity index (χ0n) is 9.45. The van der Waals surface area contributed by atoms with E-state index < -0.39 is 0 Å². The van der Waals surface area contributed by atoms with Crippen molar-refractivity contribution in [2.24, 2.45) is 5.73 Å². The van der Waals surface area contributed by atoms with Crippen LogP contribution >= 0.6 is 0 Å². The summed E-state index contributed by atoms with van der Waals surface area (Å²) in [6.07, 6.45) is 0. The van der Waals surface area contributed by atoms with Gasteiger partial charge in [-0.2, -0.15) is 0 Å². The first kappa shape index (κ1) is 12.2. The van der Waals surface area contributed by atoms with Crippen LogP contribution in [0.4, 0.5) is 0 Å². The van der Waals surface area contributed by atoms with Crippen LogP contribution < -0.4 is 11.1 Å². The molecule has 0 saturated heterocycles. The molecule has 1 rings (SSSR count). The van der Waals surface area contributed by atoms with Crippen molar-refractivity contribution in [1.29, 1.82) is 0 Å². The van der Waals surface area contributed by atoms with Gasteiger partial charge in [0.05, 0.1) is 0 Å². The highest BCUT2D eigenvalue weighted by molar-refractivity contribution is 5.14. The highest BCUT2D eigenvalue weighted by Crippen LogP contribution is 2.01. The fourth-order valence-electron chi connectivity index (χ4n) is 1.47. The average Bonchev–Trinajstić information content (AvgIpc) is 2.26. The summed E-state index contributed by atoms with van der Waals surface area (Å²) < 4.78 is 0. The van der Waals surface area contributed by atoms with Crippen molar-refractivity contribution in [3.8, 4) is 0 Å². The van der Waals surface area contributed by atoms with Crippen LogP contribution in [0.2, 0.25) is 0 Å². The first-order valence-corrected chi connectivity index (χ1v) is 5.46. The monoisotopic (exact) mass is 207 g/mol. The van der Waals surface area contributed by atoms with Crippen molar-refractivity contribution in [3.05, 3.63) is 35.9 Å². The molecule has 84 valence electrons. The Morgan fingerprint density at radius 2 is 1.93 bits per heavy atom. The second kappa shape index (κ2) is 7.40. The predicted octanol–water partition coefficient (Wildman–Crippen LogP) is 0.667. The maximum atomic E-state index is 5.39. The Morgan fingerprint density at radius 1 is 1.20 bits per heavy atom. The van der Waals surface area contributed by atoms with Crippen LogP contribution in [0.25, 0.3) is 0 Å². The van der Waals surface area contributed by atoms with Crippen molar-refractivity contribution in [1.82, 2.24) is 10.2 Å². The Kier molecular flexibility index (Phi) is 6.00. The summed E-state index contributed by atoms with van der Waals surface area (Å²) in [4.78, 5) is 2.30. The van der Waals surface area contributed by atoms with Gasteiger partial charge in [0.25, 0.3) is 0 Å². The van der Waals surface area contributed by atoms with E-state index in [2.05, 4.69) is 41.5 Å². The first-order chi connectivity index (χ1) is 7.33. The molecule has 0 aliphatic rings. The molecule has 0 heterocycles. The zero-order chi connectivity index (χ0) is 10.9. The molecule has 1 aromatic carbocycles. The number of nitrogens with two attached hydrogens (primary N) is 1. The molecule has 0 amide bonds. The minimum absolute atomic E-state index is 0.711. The van der Waals surface area contributed by atoms with Crippen molar-refractivity contribution in [2.75, 3.05) is 33.2 Å². The van der Waals surface area contributed by atoms with E-state index in [1.807, 2.05) is 6.07 Å². The fraction of sp³-hybridized carbons (Fsp3) is 0.500. The summed E-state index contributed by atoms with van der Waals surface area (Å²) in [7, 11) is 2.14. The van der Waals surface area contributed by atoms with Gasteiger partial charge in [-0.3, -0.25) is 0 Å². The van der Waals surface area contributed by atoms with E-state index >= 15 is 0 Å². The molecule has 0 aliphatic heterocycles. The number of benzene rings is 1. The molecule has 0 spiro atoms. The van der Waals surface area contributed by atoms with Gasteiger partial charge < -0.3 is 16.0 Å². The van der Waals surface area contributed by atoms with E-state index in [-0.39, 0.29) is 0 Å². The van der Waals surface area contributed by atoms with Crippen molar-refractivity contribution in [3.63, 3.8) is 0 Å². The number of nitrogens with zero attached hydrogens (tertiary/aromatic N) is 1. The summed E-state index contributed by atoms with van der Waals surface area (Å²) in [5.41, 5.74) is 6.75. The molecule has 0 bridgehead atoms. The summed E-state index contributed by atoms with van der Waals surface area (Å²) in [6.45, 7) is 4.67. The number of rotatable bonds is 7. The maximum absolute atomic E-state index is 5.39. The standard InChI is InChI=1S/C12H21N3/c1-15(10-9-14-8-7-13)11-12-5-3-2-4-6-12/h2-6,14H,7-11,13H2,1H3. The van der Waals surface area contributed by atoms with E-state index in [1.54, 1.807) is 0 Å². The molecule has 1 aromatic rings.